The zero-order valence-corrected chi connectivity index (χ0v) is 7.29. The summed E-state index contributed by atoms with van der Waals surface area (Å²) in [5, 5.41) is 1.05. The van der Waals surface area contributed by atoms with E-state index in [9.17, 15) is 4.79 Å². The fraction of sp³-hybridized carbons (Fsp3) is 0.100. The molecule has 1 amide bonds. The molecular weight excluding hydrogens is 164 g/mol. The molecule has 0 aliphatic heterocycles. The van der Waals surface area contributed by atoms with Crippen LogP contribution in [0.1, 0.15) is 16.1 Å². The van der Waals surface area contributed by atoms with E-state index in [2.05, 4.69) is 4.98 Å². The fourth-order valence-electron chi connectivity index (χ4n) is 1.53. The first-order valence-corrected chi connectivity index (χ1v) is 4.07. The van der Waals surface area contributed by atoms with Crippen LogP contribution in [-0.2, 0) is 0 Å². The molecule has 0 saturated carbocycles. The summed E-state index contributed by atoms with van der Waals surface area (Å²) in [6.45, 7) is 1.89. The average molecular weight is 174 g/mol. The maximum Gasteiger partial charge on any atom is 0.265 e. The van der Waals surface area contributed by atoms with E-state index in [1.54, 1.807) is 0 Å². The van der Waals surface area contributed by atoms with Gasteiger partial charge in [0.05, 0.1) is 0 Å². The first kappa shape index (κ1) is 7.86. The third-order valence-corrected chi connectivity index (χ3v) is 2.21. The number of nitrogens with two attached hydrogens (primary N) is 1. The van der Waals surface area contributed by atoms with Gasteiger partial charge in [0.15, 0.2) is 0 Å². The van der Waals surface area contributed by atoms with Gasteiger partial charge in [0.1, 0.15) is 5.69 Å². The van der Waals surface area contributed by atoms with Crippen LogP contribution >= 0.6 is 0 Å². The van der Waals surface area contributed by atoms with Crippen molar-refractivity contribution < 1.29 is 4.79 Å². The highest BCUT2D eigenvalue weighted by molar-refractivity contribution is 5.99. The highest BCUT2D eigenvalue weighted by atomic mass is 16.1. The number of aryl methyl sites for hydroxylation is 1. The van der Waals surface area contributed by atoms with Gasteiger partial charge in [0.25, 0.3) is 5.91 Å². The van der Waals surface area contributed by atoms with E-state index in [1.807, 2.05) is 31.2 Å². The third kappa shape index (κ3) is 1.09. The Morgan fingerprint density at radius 3 is 2.69 bits per heavy atom. The van der Waals surface area contributed by atoms with Crippen molar-refractivity contribution in [3.8, 4) is 0 Å². The van der Waals surface area contributed by atoms with Gasteiger partial charge in [0, 0.05) is 10.9 Å². The lowest BCUT2D eigenvalue weighted by molar-refractivity contribution is 0.0996. The molecule has 1 aromatic carbocycles. The van der Waals surface area contributed by atoms with E-state index in [0.29, 0.717) is 5.69 Å². The normalized spacial score (nSPS) is 10.5. The van der Waals surface area contributed by atoms with E-state index >= 15 is 0 Å². The summed E-state index contributed by atoms with van der Waals surface area (Å²) < 4.78 is 0. The van der Waals surface area contributed by atoms with Crippen molar-refractivity contribution in [1.82, 2.24) is 4.98 Å². The summed E-state index contributed by atoms with van der Waals surface area (Å²) in [5.74, 6) is -0.409. The minimum atomic E-state index is -0.409. The summed E-state index contributed by atoms with van der Waals surface area (Å²) in [4.78, 5) is 14.0. The van der Waals surface area contributed by atoms with E-state index < -0.39 is 5.91 Å². The number of para-hydroxylation sites is 1. The van der Waals surface area contributed by atoms with Gasteiger partial charge in [-0.1, -0.05) is 18.2 Å². The van der Waals surface area contributed by atoms with Gasteiger partial charge >= 0.3 is 0 Å². The van der Waals surface area contributed by atoms with Crippen LogP contribution in [0.15, 0.2) is 24.3 Å². The SMILES string of the molecule is Cc1c(C(N)=O)[nH]c2ccccc12. The van der Waals surface area contributed by atoms with Crippen molar-refractivity contribution >= 4 is 16.8 Å². The molecule has 0 bridgehead atoms. The van der Waals surface area contributed by atoms with Crippen molar-refractivity contribution in [2.45, 2.75) is 6.92 Å². The summed E-state index contributed by atoms with van der Waals surface area (Å²) in [5.41, 5.74) is 7.58. The number of hydrogen-bond acceptors (Lipinski definition) is 1. The van der Waals surface area contributed by atoms with Crippen LogP contribution in [0.3, 0.4) is 0 Å². The maximum absolute atomic E-state index is 11.0. The zero-order chi connectivity index (χ0) is 9.42. The Kier molecular flexibility index (Phi) is 1.59. The number of aromatic nitrogens is 1. The van der Waals surface area contributed by atoms with E-state index in [1.165, 1.54) is 0 Å². The smallest absolute Gasteiger partial charge is 0.265 e. The van der Waals surface area contributed by atoms with E-state index in [-0.39, 0.29) is 0 Å². The van der Waals surface area contributed by atoms with Gasteiger partial charge in [-0.05, 0) is 18.6 Å². The molecule has 1 heterocycles. The Morgan fingerprint density at radius 2 is 2.08 bits per heavy atom. The molecule has 0 aliphatic carbocycles. The number of nitrogens with one attached hydrogen (secondary N) is 1. The second kappa shape index (κ2) is 2.62. The number of rotatable bonds is 1. The monoisotopic (exact) mass is 174 g/mol. The Hall–Kier alpha value is -1.77. The molecular formula is C10H10N2O. The van der Waals surface area contributed by atoms with Gasteiger partial charge in [-0.3, -0.25) is 4.79 Å². The lowest BCUT2D eigenvalue weighted by Crippen LogP contribution is -2.12. The van der Waals surface area contributed by atoms with E-state index in [4.69, 9.17) is 5.73 Å². The molecule has 2 rings (SSSR count). The summed E-state index contributed by atoms with van der Waals surface area (Å²) >= 11 is 0. The summed E-state index contributed by atoms with van der Waals surface area (Å²) in [7, 11) is 0. The van der Waals surface area contributed by atoms with Crippen LogP contribution in [0.4, 0.5) is 0 Å². The van der Waals surface area contributed by atoms with Crippen LogP contribution in [0.5, 0.6) is 0 Å². The molecule has 0 aliphatic rings. The molecule has 3 nitrogen and oxygen atoms in total. The summed E-state index contributed by atoms with van der Waals surface area (Å²) in [6, 6.07) is 7.75. The molecule has 13 heavy (non-hydrogen) atoms. The quantitative estimate of drug-likeness (QED) is 0.677. The molecule has 0 fully saturated rings. The molecule has 0 spiro atoms. The van der Waals surface area contributed by atoms with Gasteiger partial charge < -0.3 is 10.7 Å². The molecule has 2 aromatic rings. The fourth-order valence-corrected chi connectivity index (χ4v) is 1.53. The Morgan fingerprint density at radius 1 is 1.38 bits per heavy atom. The van der Waals surface area contributed by atoms with Crippen molar-refractivity contribution in [1.29, 1.82) is 0 Å². The summed E-state index contributed by atoms with van der Waals surface area (Å²) in [6.07, 6.45) is 0. The minimum absolute atomic E-state index is 0.409. The van der Waals surface area contributed by atoms with Crippen molar-refractivity contribution in [2.24, 2.45) is 5.73 Å². The number of hydrogen-bond donors (Lipinski definition) is 2. The van der Waals surface area contributed by atoms with Crippen molar-refractivity contribution in [2.75, 3.05) is 0 Å². The van der Waals surface area contributed by atoms with Crippen LogP contribution < -0.4 is 5.73 Å². The maximum atomic E-state index is 11.0. The molecule has 0 radical (unpaired) electrons. The second-order valence-corrected chi connectivity index (χ2v) is 3.03. The van der Waals surface area contributed by atoms with Crippen LogP contribution in [0.2, 0.25) is 0 Å². The largest absolute Gasteiger partial charge is 0.364 e. The van der Waals surface area contributed by atoms with Gasteiger partial charge in [-0.2, -0.15) is 0 Å². The third-order valence-electron chi connectivity index (χ3n) is 2.21. The zero-order valence-electron chi connectivity index (χ0n) is 7.29. The standard InChI is InChI=1S/C10H10N2O/c1-6-7-4-2-3-5-8(7)12-9(6)10(11)13/h2-5,12H,1H3,(H2,11,13). The molecule has 0 saturated heterocycles. The Balaban J connectivity index is 2.81. The lowest BCUT2D eigenvalue weighted by atomic mass is 10.1. The number of amides is 1. The number of carbonyl (C=O) groups excluding carboxylic acids is 1. The lowest BCUT2D eigenvalue weighted by Gasteiger charge is -1.90. The van der Waals surface area contributed by atoms with Crippen LogP contribution in [0.25, 0.3) is 10.9 Å². The molecule has 0 unspecified atom stereocenters. The van der Waals surface area contributed by atoms with Crippen LogP contribution in [-0.4, -0.2) is 10.9 Å². The number of aromatic amines is 1. The first-order valence-electron chi connectivity index (χ1n) is 4.07. The van der Waals surface area contributed by atoms with E-state index in [0.717, 1.165) is 16.5 Å². The predicted molar refractivity (Wildman–Crippen MR) is 51.6 cm³/mol. The van der Waals surface area contributed by atoms with Crippen molar-refractivity contribution in [3.05, 3.63) is 35.5 Å². The van der Waals surface area contributed by atoms with Crippen molar-refractivity contribution in [3.63, 3.8) is 0 Å². The molecule has 3 heteroatoms. The number of primary amides is 1. The van der Waals surface area contributed by atoms with Gasteiger partial charge in [-0.15, -0.1) is 0 Å². The van der Waals surface area contributed by atoms with Gasteiger partial charge in [-0.25, -0.2) is 0 Å². The van der Waals surface area contributed by atoms with Gasteiger partial charge in [0.2, 0.25) is 0 Å². The Bertz CT molecular complexity index is 471. The topological polar surface area (TPSA) is 58.9 Å². The first-order chi connectivity index (χ1) is 6.20. The molecule has 3 N–H and O–H groups in total. The number of fused-ring (bicyclic) bond motifs is 1. The number of carbonyl (C=O) groups is 1. The highest BCUT2D eigenvalue weighted by Crippen LogP contribution is 2.20. The second-order valence-electron chi connectivity index (χ2n) is 3.03. The predicted octanol–water partition coefficient (Wildman–Crippen LogP) is 1.58. The minimum Gasteiger partial charge on any atom is -0.364 e. The highest BCUT2D eigenvalue weighted by Gasteiger charge is 2.10. The number of benzene rings is 1. The molecule has 0 atom stereocenters. The number of H-pyrrole nitrogens is 1. The molecule has 1 aromatic heterocycles. The average Bonchev–Trinajstić information content (AvgIpc) is 2.45. The molecule has 66 valence electrons. The van der Waals surface area contributed by atoms with Crippen LogP contribution in [0, 0.1) is 6.92 Å². The Labute approximate surface area is 75.6 Å².